The van der Waals surface area contributed by atoms with E-state index >= 15 is 0 Å². The van der Waals surface area contributed by atoms with Gasteiger partial charge >= 0.3 is 0 Å². The summed E-state index contributed by atoms with van der Waals surface area (Å²) in [6.45, 7) is 0. The molecule has 3 rings (SSSR count). The molecule has 0 radical (unpaired) electrons. The summed E-state index contributed by atoms with van der Waals surface area (Å²) in [4.78, 5) is 8.76. The molecule has 0 amide bonds. The van der Waals surface area contributed by atoms with Crippen LogP contribution in [-0.4, -0.2) is 17.0 Å². The summed E-state index contributed by atoms with van der Waals surface area (Å²) in [5.41, 5.74) is 0. The van der Waals surface area contributed by atoms with Gasteiger partial charge in [0.1, 0.15) is 5.82 Å². The Balaban J connectivity index is 1.67. The highest BCUT2D eigenvalue weighted by Gasteiger charge is 2.40. The van der Waals surface area contributed by atoms with Crippen LogP contribution in [-0.2, 0) is 0 Å². The number of hydrogen-bond acceptors (Lipinski definition) is 3. The van der Waals surface area contributed by atoms with Crippen molar-refractivity contribution >= 4 is 0 Å². The summed E-state index contributed by atoms with van der Waals surface area (Å²) in [6.07, 6.45) is 10.8. The van der Waals surface area contributed by atoms with Crippen LogP contribution in [0.2, 0.25) is 0 Å². The molecule has 17 heavy (non-hydrogen) atoms. The van der Waals surface area contributed by atoms with Gasteiger partial charge in [0, 0.05) is 12.4 Å². The minimum absolute atomic E-state index is 0.334. The van der Waals surface area contributed by atoms with Crippen LogP contribution < -0.4 is 5.32 Å². The fourth-order valence-electron chi connectivity index (χ4n) is 3.81. The van der Waals surface area contributed by atoms with Crippen molar-refractivity contribution in [1.82, 2.24) is 15.3 Å². The number of fused-ring (bicyclic) bond motifs is 2. The van der Waals surface area contributed by atoms with Gasteiger partial charge in [0.2, 0.25) is 0 Å². The third-order valence-electron chi connectivity index (χ3n) is 4.67. The molecule has 0 spiro atoms. The molecule has 0 aliphatic heterocycles. The Morgan fingerprint density at radius 3 is 2.71 bits per heavy atom. The van der Waals surface area contributed by atoms with Crippen molar-refractivity contribution in [2.45, 2.75) is 38.1 Å². The molecule has 2 saturated carbocycles. The van der Waals surface area contributed by atoms with E-state index in [2.05, 4.69) is 15.3 Å². The summed E-state index contributed by atoms with van der Waals surface area (Å²) in [6, 6.07) is 2.22. The maximum Gasteiger partial charge on any atom is 0.145 e. The highest BCUT2D eigenvalue weighted by molar-refractivity contribution is 4.99. The van der Waals surface area contributed by atoms with Gasteiger partial charge in [0.25, 0.3) is 0 Å². The second-order valence-electron chi connectivity index (χ2n) is 5.62. The second kappa shape index (κ2) is 4.73. The third-order valence-corrected chi connectivity index (χ3v) is 4.67. The first-order valence-electron chi connectivity index (χ1n) is 6.81. The molecular formula is C14H21N3. The van der Waals surface area contributed by atoms with Crippen molar-refractivity contribution in [3.05, 3.63) is 24.3 Å². The van der Waals surface area contributed by atoms with Crippen LogP contribution in [0.4, 0.5) is 0 Å². The molecule has 1 aromatic rings. The lowest BCUT2D eigenvalue weighted by atomic mass is 9.84. The predicted molar refractivity (Wildman–Crippen MR) is 67.4 cm³/mol. The van der Waals surface area contributed by atoms with Gasteiger partial charge < -0.3 is 5.32 Å². The molecule has 4 unspecified atom stereocenters. The van der Waals surface area contributed by atoms with Gasteiger partial charge in [-0.2, -0.15) is 0 Å². The SMILES string of the molecule is CNC(CC1CC2CCC1C2)c1ncccn1. The average molecular weight is 231 g/mol. The Morgan fingerprint density at radius 2 is 2.12 bits per heavy atom. The van der Waals surface area contributed by atoms with Crippen LogP contribution in [0.3, 0.4) is 0 Å². The van der Waals surface area contributed by atoms with E-state index in [-0.39, 0.29) is 0 Å². The van der Waals surface area contributed by atoms with Gasteiger partial charge in [-0.3, -0.25) is 0 Å². The van der Waals surface area contributed by atoms with Crippen molar-refractivity contribution in [1.29, 1.82) is 0 Å². The van der Waals surface area contributed by atoms with Crippen molar-refractivity contribution < 1.29 is 0 Å². The summed E-state index contributed by atoms with van der Waals surface area (Å²) < 4.78 is 0. The lowest BCUT2D eigenvalue weighted by molar-refractivity contribution is 0.280. The molecule has 0 aromatic carbocycles. The number of rotatable bonds is 4. The molecule has 1 heterocycles. The maximum atomic E-state index is 4.38. The monoisotopic (exact) mass is 231 g/mol. The largest absolute Gasteiger partial charge is 0.310 e. The van der Waals surface area contributed by atoms with E-state index in [4.69, 9.17) is 0 Å². The highest BCUT2D eigenvalue weighted by atomic mass is 15.0. The van der Waals surface area contributed by atoms with Gasteiger partial charge in [-0.15, -0.1) is 0 Å². The molecule has 2 bridgehead atoms. The highest BCUT2D eigenvalue weighted by Crippen LogP contribution is 2.50. The van der Waals surface area contributed by atoms with E-state index in [1.54, 1.807) is 0 Å². The minimum atomic E-state index is 0.334. The predicted octanol–water partition coefficient (Wildman–Crippen LogP) is 2.56. The zero-order chi connectivity index (χ0) is 11.7. The van der Waals surface area contributed by atoms with Crippen LogP contribution in [0.15, 0.2) is 18.5 Å². The van der Waals surface area contributed by atoms with E-state index in [9.17, 15) is 0 Å². The van der Waals surface area contributed by atoms with E-state index in [0.717, 1.165) is 23.6 Å². The van der Waals surface area contributed by atoms with Gasteiger partial charge in [-0.05, 0) is 56.6 Å². The van der Waals surface area contributed by atoms with E-state index < -0.39 is 0 Å². The number of nitrogens with zero attached hydrogens (tertiary/aromatic N) is 2. The third kappa shape index (κ3) is 2.21. The molecule has 1 N–H and O–H groups in total. The van der Waals surface area contributed by atoms with Gasteiger partial charge in [0.15, 0.2) is 0 Å². The Labute approximate surface area is 103 Å². The van der Waals surface area contributed by atoms with Gasteiger partial charge in [-0.1, -0.05) is 6.42 Å². The first-order valence-corrected chi connectivity index (χ1v) is 6.81. The van der Waals surface area contributed by atoms with Crippen LogP contribution >= 0.6 is 0 Å². The summed E-state index contributed by atoms with van der Waals surface area (Å²) >= 11 is 0. The van der Waals surface area contributed by atoms with Crippen LogP contribution in [0.25, 0.3) is 0 Å². The quantitative estimate of drug-likeness (QED) is 0.865. The van der Waals surface area contributed by atoms with Crippen LogP contribution in [0.5, 0.6) is 0 Å². The standard InChI is InChI=1S/C14H21N3/c1-15-13(14-16-5-2-6-17-14)9-12-8-10-3-4-11(12)7-10/h2,5-6,10-13,15H,3-4,7-9H2,1H3. The molecule has 1 aromatic heterocycles. The zero-order valence-corrected chi connectivity index (χ0v) is 10.5. The van der Waals surface area contributed by atoms with Crippen molar-refractivity contribution in [3.63, 3.8) is 0 Å². The second-order valence-corrected chi connectivity index (χ2v) is 5.62. The lowest BCUT2D eigenvalue weighted by Crippen LogP contribution is -2.24. The minimum Gasteiger partial charge on any atom is -0.310 e. The number of nitrogens with one attached hydrogen (secondary N) is 1. The van der Waals surface area contributed by atoms with Crippen molar-refractivity contribution in [2.75, 3.05) is 7.05 Å². The molecule has 2 aliphatic rings. The molecule has 3 heteroatoms. The normalized spacial score (nSPS) is 32.9. The topological polar surface area (TPSA) is 37.8 Å². The Hall–Kier alpha value is -0.960. The Bertz CT molecular complexity index is 365. The smallest absolute Gasteiger partial charge is 0.145 e. The molecule has 3 nitrogen and oxygen atoms in total. The maximum absolute atomic E-state index is 4.38. The fourth-order valence-corrected chi connectivity index (χ4v) is 3.81. The molecule has 4 atom stereocenters. The van der Waals surface area contributed by atoms with Crippen LogP contribution in [0, 0.1) is 17.8 Å². The molecule has 92 valence electrons. The molecule has 2 fully saturated rings. The number of hydrogen-bond donors (Lipinski definition) is 1. The lowest BCUT2D eigenvalue weighted by Gasteiger charge is -2.25. The Morgan fingerprint density at radius 1 is 1.29 bits per heavy atom. The zero-order valence-electron chi connectivity index (χ0n) is 10.5. The first-order chi connectivity index (χ1) is 8.36. The first kappa shape index (κ1) is 11.1. The van der Waals surface area contributed by atoms with E-state index in [1.807, 2.05) is 25.5 Å². The van der Waals surface area contributed by atoms with Gasteiger partial charge in [0.05, 0.1) is 6.04 Å². The average Bonchev–Trinajstić information content (AvgIpc) is 2.99. The summed E-state index contributed by atoms with van der Waals surface area (Å²) in [5, 5.41) is 3.38. The molecular weight excluding hydrogens is 210 g/mol. The van der Waals surface area contributed by atoms with E-state index in [1.165, 1.54) is 32.1 Å². The summed E-state index contributed by atoms with van der Waals surface area (Å²) in [5.74, 6) is 3.87. The van der Waals surface area contributed by atoms with Crippen LogP contribution in [0.1, 0.15) is 44.0 Å². The Kier molecular flexibility index (Phi) is 3.10. The van der Waals surface area contributed by atoms with Gasteiger partial charge in [-0.25, -0.2) is 9.97 Å². The van der Waals surface area contributed by atoms with E-state index in [0.29, 0.717) is 6.04 Å². The van der Waals surface area contributed by atoms with Crippen molar-refractivity contribution in [2.24, 2.45) is 17.8 Å². The van der Waals surface area contributed by atoms with Crippen molar-refractivity contribution in [3.8, 4) is 0 Å². The fraction of sp³-hybridized carbons (Fsp3) is 0.714. The summed E-state index contributed by atoms with van der Waals surface area (Å²) in [7, 11) is 2.02. The number of aromatic nitrogens is 2. The molecule has 2 aliphatic carbocycles. The molecule has 0 saturated heterocycles.